The van der Waals surface area contributed by atoms with Crippen molar-refractivity contribution in [1.82, 2.24) is 5.32 Å². The highest BCUT2D eigenvalue weighted by molar-refractivity contribution is 6.08. The van der Waals surface area contributed by atoms with Crippen LogP contribution in [0.2, 0.25) is 0 Å². The van der Waals surface area contributed by atoms with Crippen LogP contribution in [0.4, 0.5) is 23.2 Å². The molecule has 4 nitrogen and oxygen atoms in total. The first-order valence-corrected chi connectivity index (χ1v) is 10.6. The zero-order valence-corrected chi connectivity index (χ0v) is 18.8. The minimum absolute atomic E-state index is 0.0140. The van der Waals surface area contributed by atoms with Gasteiger partial charge in [-0.15, -0.1) is 0 Å². The van der Waals surface area contributed by atoms with Crippen LogP contribution in [0.5, 0.6) is 0 Å². The molecule has 0 saturated heterocycles. The van der Waals surface area contributed by atoms with Crippen molar-refractivity contribution < 1.29 is 27.2 Å². The van der Waals surface area contributed by atoms with Crippen molar-refractivity contribution in [2.45, 2.75) is 39.3 Å². The molecule has 3 aromatic carbocycles. The summed E-state index contributed by atoms with van der Waals surface area (Å²) < 4.78 is 55.5. The van der Waals surface area contributed by atoms with E-state index in [0.29, 0.717) is 34.5 Å². The Morgan fingerprint density at radius 1 is 1.00 bits per heavy atom. The van der Waals surface area contributed by atoms with E-state index in [1.807, 2.05) is 0 Å². The van der Waals surface area contributed by atoms with E-state index in [9.17, 15) is 27.2 Å². The predicted octanol–water partition coefficient (Wildman–Crippen LogP) is 5.31. The molecule has 0 saturated carbocycles. The van der Waals surface area contributed by atoms with Crippen LogP contribution in [0.25, 0.3) is 0 Å². The molecule has 0 radical (unpaired) electrons. The predicted molar refractivity (Wildman–Crippen MR) is 119 cm³/mol. The number of benzene rings is 3. The fraction of sp³-hybridized carbons (Fsp3) is 0.231. The van der Waals surface area contributed by atoms with Gasteiger partial charge < -0.3 is 10.2 Å². The first-order valence-electron chi connectivity index (χ1n) is 10.6. The standard InChI is InChI=1S/C26H22F4N2O2/c1-14-5-4-6-16(23(14)30)13-32-22-9-15(7-8-19(22)26(2,3)25(32)34)24(33)31-12-18-20(28)10-17(27)11-21(18)29/h4-11H,12-13H2,1-3H3,(H,31,33). The minimum Gasteiger partial charge on any atom is -0.348 e. The molecule has 0 spiro atoms. The van der Waals surface area contributed by atoms with Gasteiger partial charge in [-0.2, -0.15) is 0 Å². The van der Waals surface area contributed by atoms with E-state index in [0.717, 1.165) is 0 Å². The van der Waals surface area contributed by atoms with Crippen LogP contribution in [0, 0.1) is 30.2 Å². The van der Waals surface area contributed by atoms with E-state index < -0.39 is 46.7 Å². The average Bonchev–Trinajstić information content (AvgIpc) is 2.96. The lowest BCUT2D eigenvalue weighted by Gasteiger charge is -2.21. The largest absolute Gasteiger partial charge is 0.348 e. The van der Waals surface area contributed by atoms with Gasteiger partial charge in [0.1, 0.15) is 23.3 Å². The highest BCUT2D eigenvalue weighted by Crippen LogP contribution is 2.43. The highest BCUT2D eigenvalue weighted by atomic mass is 19.1. The van der Waals surface area contributed by atoms with Crippen molar-refractivity contribution in [3.8, 4) is 0 Å². The second-order valence-electron chi connectivity index (χ2n) is 8.83. The first kappa shape index (κ1) is 23.5. The molecule has 1 aliphatic heterocycles. The highest BCUT2D eigenvalue weighted by Gasteiger charge is 2.44. The van der Waals surface area contributed by atoms with Crippen molar-refractivity contribution in [2.24, 2.45) is 0 Å². The number of aryl methyl sites for hydroxylation is 1. The van der Waals surface area contributed by atoms with Gasteiger partial charge in [0.15, 0.2) is 0 Å². The number of carbonyl (C=O) groups is 2. The molecule has 1 heterocycles. The van der Waals surface area contributed by atoms with E-state index in [1.165, 1.54) is 17.0 Å². The summed E-state index contributed by atoms with van der Waals surface area (Å²) in [5.74, 6) is -4.54. The van der Waals surface area contributed by atoms with Gasteiger partial charge in [0.2, 0.25) is 5.91 Å². The monoisotopic (exact) mass is 470 g/mol. The van der Waals surface area contributed by atoms with Gasteiger partial charge in [-0.05, 0) is 44.0 Å². The molecular weight excluding hydrogens is 448 g/mol. The zero-order valence-electron chi connectivity index (χ0n) is 18.8. The molecule has 4 rings (SSSR count). The van der Waals surface area contributed by atoms with E-state index in [-0.39, 0.29) is 18.0 Å². The summed E-state index contributed by atoms with van der Waals surface area (Å²) in [6.45, 7) is 4.63. The Morgan fingerprint density at radius 2 is 1.68 bits per heavy atom. The molecule has 0 fully saturated rings. The number of hydrogen-bond donors (Lipinski definition) is 1. The van der Waals surface area contributed by atoms with E-state index in [4.69, 9.17) is 0 Å². The number of fused-ring (bicyclic) bond motifs is 1. The molecule has 2 amide bonds. The Balaban J connectivity index is 1.62. The van der Waals surface area contributed by atoms with Crippen LogP contribution in [0.1, 0.15) is 46.5 Å². The van der Waals surface area contributed by atoms with Crippen molar-refractivity contribution in [2.75, 3.05) is 4.90 Å². The smallest absolute Gasteiger partial charge is 0.251 e. The topological polar surface area (TPSA) is 49.4 Å². The molecular formula is C26H22F4N2O2. The third-order valence-corrected chi connectivity index (χ3v) is 6.14. The third kappa shape index (κ3) is 4.04. The lowest BCUT2D eigenvalue weighted by molar-refractivity contribution is -0.122. The number of nitrogens with one attached hydrogen (secondary N) is 1. The molecule has 1 aliphatic rings. The van der Waals surface area contributed by atoms with E-state index >= 15 is 0 Å². The van der Waals surface area contributed by atoms with Gasteiger partial charge >= 0.3 is 0 Å². The van der Waals surface area contributed by atoms with Crippen molar-refractivity contribution in [1.29, 1.82) is 0 Å². The quantitative estimate of drug-likeness (QED) is 0.514. The third-order valence-electron chi connectivity index (χ3n) is 6.14. The number of rotatable bonds is 5. The summed E-state index contributed by atoms with van der Waals surface area (Å²) >= 11 is 0. The number of anilines is 1. The van der Waals surface area contributed by atoms with Crippen LogP contribution in [0.3, 0.4) is 0 Å². The summed E-state index contributed by atoms with van der Waals surface area (Å²) in [6, 6.07) is 10.7. The van der Waals surface area contributed by atoms with E-state index in [2.05, 4.69) is 5.32 Å². The summed E-state index contributed by atoms with van der Waals surface area (Å²) in [7, 11) is 0. The van der Waals surface area contributed by atoms with Crippen molar-refractivity contribution in [3.05, 3.63) is 99.6 Å². The summed E-state index contributed by atoms with van der Waals surface area (Å²) in [5.41, 5.74) is 0.739. The molecule has 8 heteroatoms. The number of halogens is 4. The molecule has 1 N–H and O–H groups in total. The summed E-state index contributed by atoms with van der Waals surface area (Å²) in [5, 5.41) is 2.42. The Labute approximate surface area is 194 Å². The Morgan fingerprint density at radius 3 is 2.35 bits per heavy atom. The van der Waals surface area contributed by atoms with Crippen LogP contribution in [0.15, 0.2) is 48.5 Å². The molecule has 0 unspecified atom stereocenters. The van der Waals surface area contributed by atoms with Crippen molar-refractivity contribution in [3.63, 3.8) is 0 Å². The molecule has 34 heavy (non-hydrogen) atoms. The number of carbonyl (C=O) groups excluding carboxylic acids is 2. The van der Waals surface area contributed by atoms with Crippen LogP contribution >= 0.6 is 0 Å². The van der Waals surface area contributed by atoms with E-state index in [1.54, 1.807) is 45.0 Å². The van der Waals surface area contributed by atoms with Gasteiger partial charge in [-0.3, -0.25) is 9.59 Å². The Kier molecular flexibility index (Phi) is 5.93. The van der Waals surface area contributed by atoms with Crippen LogP contribution in [-0.4, -0.2) is 11.8 Å². The second kappa shape index (κ2) is 8.59. The number of nitrogens with zero attached hydrogens (tertiary/aromatic N) is 1. The molecule has 0 bridgehead atoms. The van der Waals surface area contributed by atoms with Gasteiger partial charge in [-0.25, -0.2) is 17.6 Å². The number of hydrogen-bond acceptors (Lipinski definition) is 2. The zero-order chi connectivity index (χ0) is 24.8. The van der Waals surface area contributed by atoms with Gasteiger partial charge in [0.25, 0.3) is 5.91 Å². The average molecular weight is 470 g/mol. The summed E-state index contributed by atoms with van der Waals surface area (Å²) in [4.78, 5) is 27.3. The van der Waals surface area contributed by atoms with Crippen LogP contribution < -0.4 is 10.2 Å². The second-order valence-corrected chi connectivity index (χ2v) is 8.83. The normalized spacial score (nSPS) is 14.3. The lowest BCUT2D eigenvalue weighted by atomic mass is 9.86. The van der Waals surface area contributed by atoms with Gasteiger partial charge in [-0.1, -0.05) is 24.3 Å². The maximum atomic E-state index is 14.6. The Bertz CT molecular complexity index is 1300. The Hall–Kier alpha value is -3.68. The molecule has 0 atom stereocenters. The van der Waals surface area contributed by atoms with Gasteiger partial charge in [0, 0.05) is 41.1 Å². The molecule has 0 aromatic heterocycles. The molecule has 3 aromatic rings. The fourth-order valence-electron chi connectivity index (χ4n) is 4.16. The summed E-state index contributed by atoms with van der Waals surface area (Å²) in [6.07, 6.45) is 0. The SMILES string of the molecule is Cc1cccc(CN2C(=O)C(C)(C)c3ccc(C(=O)NCc4c(F)cc(F)cc4F)cc32)c1F. The number of amides is 2. The fourth-order valence-corrected chi connectivity index (χ4v) is 4.16. The maximum absolute atomic E-state index is 14.6. The molecule has 0 aliphatic carbocycles. The first-order chi connectivity index (χ1) is 16.0. The molecule has 176 valence electrons. The maximum Gasteiger partial charge on any atom is 0.251 e. The minimum atomic E-state index is -1.11. The van der Waals surface area contributed by atoms with Gasteiger partial charge in [0.05, 0.1) is 12.0 Å². The van der Waals surface area contributed by atoms with Crippen molar-refractivity contribution >= 4 is 17.5 Å². The van der Waals surface area contributed by atoms with Crippen LogP contribution in [-0.2, 0) is 23.3 Å². The lowest BCUT2D eigenvalue weighted by Crippen LogP contribution is -2.36.